The van der Waals surface area contributed by atoms with Crippen molar-refractivity contribution in [3.8, 4) is 0 Å². The molecule has 0 aliphatic heterocycles. The van der Waals surface area contributed by atoms with Crippen LogP contribution in [-0.4, -0.2) is 15.8 Å². The highest BCUT2D eigenvalue weighted by atomic mass is 32.2. The lowest BCUT2D eigenvalue weighted by Gasteiger charge is -2.35. The molecule has 0 aromatic heterocycles. The molecule has 1 aliphatic carbocycles. The molecule has 0 spiro atoms. The van der Waals surface area contributed by atoms with Gasteiger partial charge in [0.15, 0.2) is 0 Å². The monoisotopic (exact) mass is 290 g/mol. The smallest absolute Gasteiger partial charge is 0.200 e. The van der Waals surface area contributed by atoms with Crippen molar-refractivity contribution in [1.82, 2.24) is 0 Å². The van der Waals surface area contributed by atoms with Gasteiger partial charge in [0, 0.05) is 10.8 Å². The normalized spacial score (nSPS) is 23.3. The maximum atomic E-state index is 12.5. The van der Waals surface area contributed by atoms with E-state index in [9.17, 15) is 9.90 Å². The van der Waals surface area contributed by atoms with Crippen LogP contribution >= 0.6 is 11.8 Å². The summed E-state index contributed by atoms with van der Waals surface area (Å²) >= 11 is 1.31. The quantitative estimate of drug-likeness (QED) is 0.674. The molecule has 1 aromatic rings. The fourth-order valence-corrected chi connectivity index (χ4v) is 3.52. The van der Waals surface area contributed by atoms with E-state index in [1.165, 1.54) is 11.8 Å². The van der Waals surface area contributed by atoms with E-state index in [4.69, 9.17) is 0 Å². The molecule has 2 rings (SSSR count). The molecule has 1 aliphatic rings. The van der Waals surface area contributed by atoms with Crippen molar-refractivity contribution in [3.63, 3.8) is 0 Å². The Morgan fingerprint density at radius 3 is 2.55 bits per heavy atom. The van der Waals surface area contributed by atoms with Crippen LogP contribution in [0.3, 0.4) is 0 Å². The van der Waals surface area contributed by atoms with Gasteiger partial charge in [0.1, 0.15) is 0 Å². The van der Waals surface area contributed by atoms with Gasteiger partial charge in [-0.1, -0.05) is 41.6 Å². The molecule has 2 atom stereocenters. The summed E-state index contributed by atoms with van der Waals surface area (Å²) in [5.74, 6) is 0.0712. The number of carbonyl (C=O) groups excluding carboxylic acids is 1. The van der Waals surface area contributed by atoms with Gasteiger partial charge in [-0.3, -0.25) is 4.79 Å². The third-order valence-corrected chi connectivity index (χ3v) is 5.03. The fourth-order valence-electron chi connectivity index (χ4n) is 2.57. The minimum absolute atomic E-state index is 0.0784. The van der Waals surface area contributed by atoms with Gasteiger partial charge in [-0.2, -0.15) is 0 Å². The molecule has 0 radical (unpaired) electrons. The second-order valence-electron chi connectivity index (χ2n) is 6.06. The summed E-state index contributed by atoms with van der Waals surface area (Å²) in [5.41, 5.74) is 0.409. The number of aliphatic hydroxyl groups is 1. The molecule has 0 bridgehead atoms. The van der Waals surface area contributed by atoms with Gasteiger partial charge in [0.05, 0.1) is 5.60 Å². The zero-order valence-corrected chi connectivity index (χ0v) is 13.1. The van der Waals surface area contributed by atoms with Crippen molar-refractivity contribution in [3.05, 3.63) is 42.0 Å². The largest absolute Gasteiger partial charge is 0.390 e. The van der Waals surface area contributed by atoms with Crippen molar-refractivity contribution < 1.29 is 9.90 Å². The first-order valence-electron chi connectivity index (χ1n) is 7.03. The highest BCUT2D eigenvalue weighted by molar-refractivity contribution is 8.13. The summed E-state index contributed by atoms with van der Waals surface area (Å²) in [6, 6.07) is 9.75. The fraction of sp³-hybridized carbons (Fsp3) is 0.471. The Balaban J connectivity index is 2.09. The van der Waals surface area contributed by atoms with Gasteiger partial charge in [-0.25, -0.2) is 0 Å². The zero-order valence-electron chi connectivity index (χ0n) is 12.3. The van der Waals surface area contributed by atoms with E-state index in [-0.39, 0.29) is 17.0 Å². The van der Waals surface area contributed by atoms with E-state index in [2.05, 4.69) is 6.08 Å². The number of hydrogen-bond donors (Lipinski definition) is 1. The number of thioether (sulfide) groups is 1. The van der Waals surface area contributed by atoms with Crippen LogP contribution in [0.15, 0.2) is 46.9 Å². The minimum atomic E-state index is -0.729. The summed E-state index contributed by atoms with van der Waals surface area (Å²) in [7, 11) is 0. The summed E-state index contributed by atoms with van der Waals surface area (Å²) in [5, 5.41) is 10.4. The van der Waals surface area contributed by atoms with Crippen LogP contribution in [0.5, 0.6) is 0 Å². The van der Waals surface area contributed by atoms with E-state index < -0.39 is 5.60 Å². The third-order valence-electron chi connectivity index (χ3n) is 4.04. The Morgan fingerprint density at radius 2 is 1.95 bits per heavy atom. The first-order chi connectivity index (χ1) is 9.38. The summed E-state index contributed by atoms with van der Waals surface area (Å²) in [6.45, 7) is 5.69. The summed E-state index contributed by atoms with van der Waals surface area (Å²) < 4.78 is 0. The summed E-state index contributed by atoms with van der Waals surface area (Å²) in [6.07, 6.45) is 3.71. The van der Waals surface area contributed by atoms with E-state index in [1.807, 2.05) is 51.1 Å². The van der Waals surface area contributed by atoms with Crippen LogP contribution < -0.4 is 0 Å². The number of allylic oxidation sites excluding steroid dienone is 2. The standard InChI is InChI=1S/C17H22O2S/c1-12-9-10-13(17(2,3)19)11-15(12)16(18)20-14-7-5-4-6-8-14/h4-9,13,15,19H,10-11H2,1-3H3. The van der Waals surface area contributed by atoms with E-state index in [0.29, 0.717) is 0 Å². The van der Waals surface area contributed by atoms with Crippen LogP contribution in [0.1, 0.15) is 33.6 Å². The predicted molar refractivity (Wildman–Crippen MR) is 83.6 cm³/mol. The SMILES string of the molecule is CC1=CCC(C(C)(C)O)CC1C(=O)Sc1ccccc1. The number of rotatable bonds is 3. The van der Waals surface area contributed by atoms with Crippen molar-refractivity contribution in [2.45, 2.75) is 44.1 Å². The van der Waals surface area contributed by atoms with Crippen LogP contribution in [0, 0.1) is 11.8 Å². The van der Waals surface area contributed by atoms with Crippen molar-refractivity contribution in [1.29, 1.82) is 0 Å². The van der Waals surface area contributed by atoms with E-state index in [1.54, 1.807) is 0 Å². The lowest BCUT2D eigenvalue weighted by Crippen LogP contribution is -2.35. The Kier molecular flexibility index (Phi) is 4.71. The second-order valence-corrected chi connectivity index (χ2v) is 7.13. The molecule has 0 saturated heterocycles. The van der Waals surface area contributed by atoms with Gasteiger partial charge < -0.3 is 5.11 Å². The van der Waals surface area contributed by atoms with Crippen LogP contribution in [0.4, 0.5) is 0 Å². The molecule has 2 unspecified atom stereocenters. The lowest BCUT2D eigenvalue weighted by atomic mass is 9.75. The van der Waals surface area contributed by atoms with Crippen LogP contribution in [-0.2, 0) is 4.79 Å². The van der Waals surface area contributed by atoms with Gasteiger partial charge in [-0.15, -0.1) is 0 Å². The van der Waals surface area contributed by atoms with Gasteiger partial charge >= 0.3 is 0 Å². The highest BCUT2D eigenvalue weighted by Gasteiger charge is 2.35. The molecule has 3 heteroatoms. The van der Waals surface area contributed by atoms with Gasteiger partial charge in [0.2, 0.25) is 5.12 Å². The molecule has 108 valence electrons. The first-order valence-corrected chi connectivity index (χ1v) is 7.85. The number of hydrogen-bond acceptors (Lipinski definition) is 3. The van der Waals surface area contributed by atoms with Crippen LogP contribution in [0.25, 0.3) is 0 Å². The van der Waals surface area contributed by atoms with E-state index in [0.717, 1.165) is 23.3 Å². The maximum Gasteiger partial charge on any atom is 0.200 e. The molecule has 0 heterocycles. The van der Waals surface area contributed by atoms with Crippen LogP contribution in [0.2, 0.25) is 0 Å². The Labute approximate surface area is 125 Å². The third kappa shape index (κ3) is 3.74. The molecule has 0 amide bonds. The predicted octanol–water partition coefficient (Wildman–Crippen LogP) is 4.05. The molecule has 1 aromatic carbocycles. The molecule has 2 nitrogen and oxygen atoms in total. The van der Waals surface area contributed by atoms with Gasteiger partial charge in [-0.05, 0) is 51.7 Å². The molecule has 0 saturated carbocycles. The van der Waals surface area contributed by atoms with Crippen molar-refractivity contribution in [2.24, 2.45) is 11.8 Å². The maximum absolute atomic E-state index is 12.5. The molecule has 1 N–H and O–H groups in total. The molecular weight excluding hydrogens is 268 g/mol. The average Bonchev–Trinajstić information content (AvgIpc) is 2.39. The summed E-state index contributed by atoms with van der Waals surface area (Å²) in [4.78, 5) is 13.5. The van der Waals surface area contributed by atoms with Crippen molar-refractivity contribution in [2.75, 3.05) is 0 Å². The number of carbonyl (C=O) groups is 1. The molecule has 20 heavy (non-hydrogen) atoms. The second kappa shape index (κ2) is 6.15. The topological polar surface area (TPSA) is 37.3 Å². The highest BCUT2D eigenvalue weighted by Crippen LogP contribution is 2.38. The Hall–Kier alpha value is -1.06. The first kappa shape index (κ1) is 15.3. The molecule has 0 fully saturated rings. The van der Waals surface area contributed by atoms with Gasteiger partial charge in [0.25, 0.3) is 0 Å². The Morgan fingerprint density at radius 1 is 1.30 bits per heavy atom. The minimum Gasteiger partial charge on any atom is -0.390 e. The van der Waals surface area contributed by atoms with Crippen molar-refractivity contribution >= 4 is 16.9 Å². The zero-order chi connectivity index (χ0) is 14.8. The lowest BCUT2D eigenvalue weighted by molar-refractivity contribution is -0.114. The molecular formula is C17H22O2S. The average molecular weight is 290 g/mol. The Bertz CT molecular complexity index is 499. The van der Waals surface area contributed by atoms with E-state index >= 15 is 0 Å². The number of benzene rings is 1.